The fraction of sp³-hybridized carbons (Fsp3) is 0.0588. The summed E-state index contributed by atoms with van der Waals surface area (Å²) in [5, 5.41) is 25.4. The number of halogens is 1. The number of pyridine rings is 2. The molecule has 11 nitrogen and oxygen atoms in total. The first kappa shape index (κ1) is 21.0. The summed E-state index contributed by atoms with van der Waals surface area (Å²) >= 11 is 0. The monoisotopic (exact) mass is 402 g/mol. The first-order chi connectivity index (χ1) is 13.7. The fourth-order valence-corrected chi connectivity index (χ4v) is 2.08. The highest BCUT2D eigenvalue weighted by Gasteiger charge is 2.14. The summed E-state index contributed by atoms with van der Waals surface area (Å²) in [5.74, 6) is -3.58. The first-order valence-electron chi connectivity index (χ1n) is 7.82. The van der Waals surface area contributed by atoms with Gasteiger partial charge in [-0.15, -0.1) is 0 Å². The van der Waals surface area contributed by atoms with Gasteiger partial charge >= 0.3 is 11.9 Å². The molecule has 7 N–H and O–H groups in total. The van der Waals surface area contributed by atoms with Gasteiger partial charge in [-0.25, -0.2) is 24.3 Å². The van der Waals surface area contributed by atoms with E-state index in [9.17, 15) is 19.1 Å². The van der Waals surface area contributed by atoms with Crippen molar-refractivity contribution in [3.05, 3.63) is 42.5 Å². The third-order valence-corrected chi connectivity index (χ3v) is 3.29. The van der Waals surface area contributed by atoms with Gasteiger partial charge in [-0.05, 0) is 24.3 Å². The van der Waals surface area contributed by atoms with E-state index in [-0.39, 0.29) is 34.5 Å². The van der Waals surface area contributed by atoms with Crippen molar-refractivity contribution in [2.24, 2.45) is 0 Å². The van der Waals surface area contributed by atoms with Gasteiger partial charge in [-0.3, -0.25) is 9.59 Å². The van der Waals surface area contributed by atoms with Gasteiger partial charge < -0.3 is 26.8 Å². The zero-order valence-electron chi connectivity index (χ0n) is 14.7. The lowest BCUT2D eigenvalue weighted by Crippen LogP contribution is -2.03. The molecular weight excluding hydrogens is 387 g/mol. The molecule has 29 heavy (non-hydrogen) atoms. The first-order valence-corrected chi connectivity index (χ1v) is 7.82. The number of carboxylic acid groups (broad SMARTS) is 2. The molecular formula is C17H15FN6O5. The van der Waals surface area contributed by atoms with Crippen LogP contribution < -0.4 is 11.5 Å². The molecule has 0 bridgehead atoms. The number of nitrogens with two attached hydrogens (primary N) is 2. The van der Waals surface area contributed by atoms with Crippen molar-refractivity contribution in [2.75, 3.05) is 11.5 Å². The molecule has 0 fully saturated rings. The van der Waals surface area contributed by atoms with E-state index < -0.39 is 24.2 Å². The molecule has 0 spiro atoms. The van der Waals surface area contributed by atoms with Crippen LogP contribution in [0, 0.1) is 5.82 Å². The highest BCUT2D eigenvalue weighted by Crippen LogP contribution is 2.30. The van der Waals surface area contributed by atoms with Crippen molar-refractivity contribution in [1.82, 2.24) is 19.9 Å². The van der Waals surface area contributed by atoms with E-state index in [1.54, 1.807) is 6.07 Å². The average Bonchev–Trinajstić information content (AvgIpc) is 2.64. The third-order valence-electron chi connectivity index (χ3n) is 3.29. The molecule has 0 aliphatic heterocycles. The van der Waals surface area contributed by atoms with Crippen molar-refractivity contribution in [3.63, 3.8) is 0 Å². The molecule has 3 heterocycles. The Morgan fingerprint density at radius 3 is 2.17 bits per heavy atom. The van der Waals surface area contributed by atoms with Crippen molar-refractivity contribution >= 4 is 23.7 Å². The van der Waals surface area contributed by atoms with Crippen molar-refractivity contribution in [1.29, 1.82) is 0 Å². The summed E-state index contributed by atoms with van der Waals surface area (Å²) in [7, 11) is 0. The normalized spacial score (nSPS) is 9.97. The number of rotatable bonds is 4. The highest BCUT2D eigenvalue weighted by atomic mass is 19.1. The van der Waals surface area contributed by atoms with E-state index in [2.05, 4.69) is 19.9 Å². The number of aliphatic carboxylic acids is 2. The zero-order chi connectivity index (χ0) is 21.6. The Morgan fingerprint density at radius 2 is 1.59 bits per heavy atom. The number of hydrogen-bond donors (Lipinski definition) is 5. The maximum atomic E-state index is 14.1. The van der Waals surface area contributed by atoms with E-state index in [1.807, 2.05) is 0 Å². The standard InChI is InChI=1S/C14H11FN6O.C3H4O4/c15-11-7(3-5-18-13(11)16)8-1-2-10(22)12(20-8)9-4-6-19-14(17)21-9;4-2(5)1-3(6)7/h1-6,22H,(H2,16,18)(H2,17,19,21);1H2,(H,4,5)(H,6,7). The number of carboxylic acids is 2. The summed E-state index contributed by atoms with van der Waals surface area (Å²) in [6, 6.07) is 5.86. The van der Waals surface area contributed by atoms with Crippen LogP contribution in [-0.4, -0.2) is 47.2 Å². The molecule has 0 saturated carbocycles. The lowest BCUT2D eigenvalue weighted by molar-refractivity contribution is -0.147. The SMILES string of the molecule is Nc1nccc(-c2nc(-c3ccnc(N)c3F)ccc2O)n1.O=C(O)CC(=O)O. The molecule has 0 atom stereocenters. The zero-order valence-corrected chi connectivity index (χ0v) is 14.7. The molecule has 0 aliphatic rings. The van der Waals surface area contributed by atoms with Gasteiger partial charge in [0.2, 0.25) is 5.95 Å². The van der Waals surface area contributed by atoms with E-state index in [4.69, 9.17) is 21.7 Å². The molecule has 3 aromatic heterocycles. The lowest BCUT2D eigenvalue weighted by atomic mass is 10.1. The van der Waals surface area contributed by atoms with Crippen LogP contribution in [0.1, 0.15) is 6.42 Å². The number of anilines is 2. The maximum absolute atomic E-state index is 14.1. The Labute approximate surface area is 162 Å². The van der Waals surface area contributed by atoms with E-state index >= 15 is 0 Å². The fourth-order valence-electron chi connectivity index (χ4n) is 2.08. The van der Waals surface area contributed by atoms with E-state index in [1.165, 1.54) is 30.6 Å². The molecule has 0 radical (unpaired) electrons. The second-order valence-corrected chi connectivity index (χ2v) is 5.39. The van der Waals surface area contributed by atoms with Gasteiger partial charge in [-0.1, -0.05) is 0 Å². The minimum absolute atomic E-state index is 0.0449. The van der Waals surface area contributed by atoms with Gasteiger partial charge in [0.1, 0.15) is 17.9 Å². The molecule has 0 amide bonds. The van der Waals surface area contributed by atoms with E-state index in [0.29, 0.717) is 5.69 Å². The molecule has 3 rings (SSSR count). The van der Waals surface area contributed by atoms with Crippen LogP contribution in [0.25, 0.3) is 22.6 Å². The Balaban J connectivity index is 0.000000370. The largest absolute Gasteiger partial charge is 0.506 e. The smallest absolute Gasteiger partial charge is 0.314 e. The average molecular weight is 402 g/mol. The minimum atomic E-state index is -1.31. The number of nitrogen functional groups attached to an aromatic ring is 2. The number of carbonyl (C=O) groups is 2. The predicted molar refractivity (Wildman–Crippen MR) is 98.8 cm³/mol. The van der Waals surface area contributed by atoms with Crippen LogP contribution in [-0.2, 0) is 9.59 Å². The van der Waals surface area contributed by atoms with Crippen LogP contribution >= 0.6 is 0 Å². The molecule has 0 aliphatic carbocycles. The molecule has 12 heteroatoms. The Hall–Kier alpha value is -4.35. The Bertz CT molecular complexity index is 1050. The number of hydrogen-bond acceptors (Lipinski definition) is 9. The number of aromatic hydroxyl groups is 1. The quantitative estimate of drug-likeness (QED) is 0.392. The van der Waals surface area contributed by atoms with Gasteiger partial charge in [0.15, 0.2) is 11.6 Å². The summed E-state index contributed by atoms with van der Waals surface area (Å²) in [4.78, 5) is 34.5. The summed E-state index contributed by atoms with van der Waals surface area (Å²) < 4.78 is 14.1. The molecule has 0 saturated heterocycles. The van der Waals surface area contributed by atoms with Crippen molar-refractivity contribution in [3.8, 4) is 28.4 Å². The summed E-state index contributed by atoms with van der Waals surface area (Å²) in [5.41, 5.74) is 11.9. The van der Waals surface area contributed by atoms with Crippen LogP contribution in [0.15, 0.2) is 36.7 Å². The van der Waals surface area contributed by atoms with Crippen LogP contribution in [0.4, 0.5) is 16.2 Å². The van der Waals surface area contributed by atoms with Crippen molar-refractivity contribution in [2.45, 2.75) is 6.42 Å². The van der Waals surface area contributed by atoms with Crippen LogP contribution in [0.5, 0.6) is 5.75 Å². The number of nitrogens with zero attached hydrogens (tertiary/aromatic N) is 4. The molecule has 0 unspecified atom stereocenters. The van der Waals surface area contributed by atoms with Crippen molar-refractivity contribution < 1.29 is 29.3 Å². The molecule has 3 aromatic rings. The lowest BCUT2D eigenvalue weighted by Gasteiger charge is -2.08. The van der Waals surface area contributed by atoms with Crippen LogP contribution in [0.3, 0.4) is 0 Å². The topological polar surface area (TPSA) is 198 Å². The second kappa shape index (κ2) is 9.03. The third kappa shape index (κ3) is 5.56. The van der Waals surface area contributed by atoms with Gasteiger partial charge in [-0.2, -0.15) is 0 Å². The van der Waals surface area contributed by atoms with Gasteiger partial charge in [0.25, 0.3) is 0 Å². The number of aromatic nitrogens is 4. The Kier molecular flexibility index (Phi) is 6.53. The summed E-state index contributed by atoms with van der Waals surface area (Å²) in [6.07, 6.45) is 2.01. The predicted octanol–water partition coefficient (Wildman–Crippen LogP) is 1.16. The van der Waals surface area contributed by atoms with Gasteiger partial charge in [0.05, 0.1) is 11.4 Å². The Morgan fingerprint density at radius 1 is 0.931 bits per heavy atom. The van der Waals surface area contributed by atoms with E-state index in [0.717, 1.165) is 0 Å². The minimum Gasteiger partial charge on any atom is -0.506 e. The molecule has 0 aromatic carbocycles. The maximum Gasteiger partial charge on any atom is 0.314 e. The summed E-state index contributed by atoms with van der Waals surface area (Å²) in [6.45, 7) is 0. The van der Waals surface area contributed by atoms with Gasteiger partial charge in [0, 0.05) is 18.0 Å². The highest BCUT2D eigenvalue weighted by molar-refractivity contribution is 5.88. The molecule has 150 valence electrons. The second-order valence-electron chi connectivity index (χ2n) is 5.39. The van der Waals surface area contributed by atoms with Crippen LogP contribution in [0.2, 0.25) is 0 Å².